The highest BCUT2D eigenvalue weighted by molar-refractivity contribution is 4.76. The number of unbranched alkanes of at least 4 members (excludes halogenated alkanes) is 35. The van der Waals surface area contributed by atoms with Gasteiger partial charge in [-0.25, -0.2) is 0 Å². The molecule has 0 spiro atoms. The van der Waals surface area contributed by atoms with Crippen LogP contribution in [0, 0.1) is 0 Å². The van der Waals surface area contributed by atoms with Crippen LogP contribution in [0.4, 0.5) is 0 Å². The summed E-state index contributed by atoms with van der Waals surface area (Å²) in [5.41, 5.74) is 0. The first-order chi connectivity index (χ1) is 45.1. The summed E-state index contributed by atoms with van der Waals surface area (Å²) in [7, 11) is 0. The lowest BCUT2D eigenvalue weighted by molar-refractivity contribution is 0.00932. The molecule has 0 aromatic heterocycles. The monoisotopic (exact) mass is 1310 g/mol. The van der Waals surface area contributed by atoms with Gasteiger partial charge in [-0.3, -0.25) is 24.5 Å². The number of nitrogens with zero attached hydrogens (tertiary/aromatic N) is 5. The molecule has 14 nitrogen and oxygen atoms in total. The van der Waals surface area contributed by atoms with Crippen molar-refractivity contribution in [3.05, 3.63) is 0 Å². The fourth-order valence-electron chi connectivity index (χ4n) is 13.3. The Morgan fingerprint density at radius 3 is 0.707 bits per heavy atom. The minimum Gasteiger partial charge on any atom is -0.392 e. The lowest BCUT2D eigenvalue weighted by Crippen LogP contribution is -2.49. The average Bonchev–Trinajstić information content (AvgIpc) is 3.51. The van der Waals surface area contributed by atoms with Crippen molar-refractivity contribution in [3.8, 4) is 0 Å². The lowest BCUT2D eigenvalue weighted by atomic mass is 10.0. The van der Waals surface area contributed by atoms with Crippen LogP contribution in [-0.4, -0.2) is 232 Å². The summed E-state index contributed by atoms with van der Waals surface area (Å²) in [6.45, 7) is 27.9. The quantitative estimate of drug-likeness (QED) is 0.0367. The largest absolute Gasteiger partial charge is 0.392 e. The number of hydrogen-bond acceptors (Lipinski definition) is 14. The highest BCUT2D eigenvalue weighted by atomic mass is 16.5. The third kappa shape index (κ3) is 61.7. The molecule has 5 unspecified atom stereocenters. The Bertz CT molecular complexity index is 1370. The van der Waals surface area contributed by atoms with Crippen molar-refractivity contribution in [1.29, 1.82) is 0 Å². The van der Waals surface area contributed by atoms with Gasteiger partial charge in [0.1, 0.15) is 0 Å². The Morgan fingerprint density at radius 2 is 0.446 bits per heavy atom. The summed E-state index contributed by atoms with van der Waals surface area (Å²) in [6, 6.07) is 0. The van der Waals surface area contributed by atoms with E-state index >= 15 is 0 Å². The van der Waals surface area contributed by atoms with E-state index in [1.165, 1.54) is 225 Å². The smallest absolute Gasteiger partial charge is 0.0701 e. The molecular formula is C78H161N5O9. The molecule has 0 saturated carbocycles. The van der Waals surface area contributed by atoms with Crippen LogP contribution in [0.5, 0.6) is 0 Å². The van der Waals surface area contributed by atoms with E-state index in [1.807, 2.05) is 0 Å². The van der Waals surface area contributed by atoms with Gasteiger partial charge < -0.3 is 44.5 Å². The zero-order valence-electron chi connectivity index (χ0n) is 62.1. The third-order valence-electron chi connectivity index (χ3n) is 19.4. The minimum atomic E-state index is -0.388. The van der Waals surface area contributed by atoms with Gasteiger partial charge in [0.15, 0.2) is 0 Å². The van der Waals surface area contributed by atoms with Crippen molar-refractivity contribution in [2.75, 3.05) is 151 Å². The topological polar surface area (TPSA) is 154 Å². The fourth-order valence-corrected chi connectivity index (χ4v) is 13.3. The van der Waals surface area contributed by atoms with E-state index in [2.05, 4.69) is 59.1 Å². The number of aliphatic hydroxyl groups excluding tert-OH is 5. The standard InChI is InChI=1S/C78H161N5O9/c1-6-11-16-21-26-31-36-41-46-74(84)69-81(58-62-90-66-68-92-64-60-83(72-77(87)49-44-39-34-29-24-19-14-9-4)73-78(88)50-45-40-35-30-25-20-15-10-5)56-55-79-51-53-80(54-52-79)57-61-89-65-67-91-63-59-82(70-75(85)47-42-37-32-27-22-17-12-7-2)71-76(86)48-43-38-33-28-23-18-13-8-3/h74-78,84-88H,6-73H2,1-5H3. The van der Waals surface area contributed by atoms with Crippen molar-refractivity contribution < 1.29 is 44.5 Å². The molecule has 5 atom stereocenters. The second-order valence-electron chi connectivity index (χ2n) is 28.5. The predicted molar refractivity (Wildman–Crippen MR) is 392 cm³/mol. The van der Waals surface area contributed by atoms with Crippen LogP contribution in [0.3, 0.4) is 0 Å². The highest BCUT2D eigenvalue weighted by Gasteiger charge is 2.21. The Hall–Kier alpha value is -0.560. The molecule has 1 rings (SSSR count). The maximum Gasteiger partial charge on any atom is 0.0701 e. The summed E-state index contributed by atoms with van der Waals surface area (Å²) in [5, 5.41) is 55.6. The van der Waals surface area contributed by atoms with Crippen LogP contribution < -0.4 is 0 Å². The Balaban J connectivity index is 2.58. The summed E-state index contributed by atoms with van der Waals surface area (Å²) in [4.78, 5) is 11.9. The van der Waals surface area contributed by atoms with Gasteiger partial charge in [-0.2, -0.15) is 0 Å². The first-order valence-corrected chi connectivity index (χ1v) is 40.5. The molecular weight excluding hydrogens is 1150 g/mol. The molecule has 0 bridgehead atoms. The second-order valence-corrected chi connectivity index (χ2v) is 28.5. The second kappa shape index (κ2) is 70.3. The Morgan fingerprint density at radius 1 is 0.239 bits per heavy atom. The third-order valence-corrected chi connectivity index (χ3v) is 19.4. The molecule has 14 heteroatoms. The molecule has 0 aromatic carbocycles. The molecule has 1 fully saturated rings. The van der Waals surface area contributed by atoms with Gasteiger partial charge >= 0.3 is 0 Å². The zero-order valence-corrected chi connectivity index (χ0v) is 62.1. The van der Waals surface area contributed by atoms with Gasteiger partial charge in [0, 0.05) is 98.2 Å². The number of hydrogen-bond donors (Lipinski definition) is 5. The first kappa shape index (κ1) is 89.5. The van der Waals surface area contributed by atoms with Gasteiger partial charge in [0.05, 0.1) is 83.4 Å². The van der Waals surface area contributed by atoms with E-state index in [0.29, 0.717) is 98.7 Å². The van der Waals surface area contributed by atoms with E-state index in [1.54, 1.807) is 0 Å². The predicted octanol–water partition coefficient (Wildman–Crippen LogP) is 16.0. The summed E-state index contributed by atoms with van der Waals surface area (Å²) >= 11 is 0. The molecule has 0 aliphatic carbocycles. The summed E-state index contributed by atoms with van der Waals surface area (Å²) in [6.07, 6.45) is 52.8. The molecule has 1 aliphatic heterocycles. The van der Waals surface area contributed by atoms with Gasteiger partial charge in [-0.15, -0.1) is 0 Å². The summed E-state index contributed by atoms with van der Waals surface area (Å²) < 4.78 is 24.5. The molecule has 552 valence electrons. The molecule has 1 aliphatic rings. The van der Waals surface area contributed by atoms with Crippen LogP contribution in [0.2, 0.25) is 0 Å². The molecule has 1 heterocycles. The van der Waals surface area contributed by atoms with Crippen LogP contribution in [-0.2, 0) is 18.9 Å². The minimum absolute atomic E-state index is 0.336. The lowest BCUT2D eigenvalue weighted by Gasteiger charge is -2.36. The van der Waals surface area contributed by atoms with Gasteiger partial charge in [0.25, 0.3) is 0 Å². The van der Waals surface area contributed by atoms with E-state index in [9.17, 15) is 25.5 Å². The molecule has 0 radical (unpaired) electrons. The van der Waals surface area contributed by atoms with Crippen molar-refractivity contribution in [3.63, 3.8) is 0 Å². The fraction of sp³-hybridized carbons (Fsp3) is 1.00. The first-order valence-electron chi connectivity index (χ1n) is 40.5. The van der Waals surface area contributed by atoms with Crippen LogP contribution in [0.15, 0.2) is 0 Å². The number of piperazine rings is 1. The molecule has 92 heavy (non-hydrogen) atoms. The molecule has 5 N–H and O–H groups in total. The van der Waals surface area contributed by atoms with Crippen LogP contribution >= 0.6 is 0 Å². The van der Waals surface area contributed by atoms with Crippen molar-refractivity contribution in [2.24, 2.45) is 0 Å². The number of aliphatic hydroxyl groups is 5. The van der Waals surface area contributed by atoms with E-state index in [0.717, 1.165) is 117 Å². The van der Waals surface area contributed by atoms with Gasteiger partial charge in [-0.05, 0) is 32.1 Å². The van der Waals surface area contributed by atoms with E-state index in [-0.39, 0.29) is 30.5 Å². The molecule has 0 amide bonds. The van der Waals surface area contributed by atoms with E-state index in [4.69, 9.17) is 18.9 Å². The Labute approximate surface area is 571 Å². The van der Waals surface area contributed by atoms with Gasteiger partial charge in [0.2, 0.25) is 0 Å². The molecule has 1 saturated heterocycles. The maximum absolute atomic E-state index is 11.3. The Kier molecular flexibility index (Phi) is 68.4. The van der Waals surface area contributed by atoms with Crippen LogP contribution in [0.1, 0.15) is 324 Å². The van der Waals surface area contributed by atoms with Crippen molar-refractivity contribution in [1.82, 2.24) is 24.5 Å². The average molecular weight is 1310 g/mol. The van der Waals surface area contributed by atoms with Crippen molar-refractivity contribution in [2.45, 2.75) is 354 Å². The van der Waals surface area contributed by atoms with Gasteiger partial charge in [-0.1, -0.05) is 291 Å². The zero-order chi connectivity index (χ0) is 66.7. The van der Waals surface area contributed by atoms with E-state index < -0.39 is 0 Å². The number of rotatable bonds is 76. The maximum atomic E-state index is 11.3. The summed E-state index contributed by atoms with van der Waals surface area (Å²) in [5.74, 6) is 0. The molecule has 0 aromatic rings. The SMILES string of the molecule is CCCCCCCCCCC(O)CN(CCOCCOCCN(CC(O)CCCCCCCCCC)CC(O)CCCCCCCCCC)CCN1CCN(CCOCCOCCN(CC(O)CCCCCCCCCC)CC(O)CCCCCCCCCC)CC1. The van der Waals surface area contributed by atoms with Crippen molar-refractivity contribution >= 4 is 0 Å². The highest BCUT2D eigenvalue weighted by Crippen LogP contribution is 2.18. The number of ether oxygens (including phenoxy) is 4. The van der Waals surface area contributed by atoms with Crippen LogP contribution in [0.25, 0.3) is 0 Å². The normalized spacial score (nSPS) is 15.2.